The minimum atomic E-state index is -5.03. The fraction of sp³-hybridized carbons (Fsp3) is 0.545. The van der Waals surface area contributed by atoms with E-state index in [1.165, 1.54) is 16.9 Å². The topological polar surface area (TPSA) is 91.0 Å². The highest BCUT2D eigenvalue weighted by Crippen LogP contribution is 2.37. The first-order chi connectivity index (χ1) is 17.2. The summed E-state index contributed by atoms with van der Waals surface area (Å²) >= 11 is 4.95. The van der Waals surface area contributed by atoms with Gasteiger partial charge in [-0.25, -0.2) is 4.79 Å². The minimum Gasteiger partial charge on any atom is -0.467 e. The van der Waals surface area contributed by atoms with Crippen LogP contribution < -0.4 is 10.6 Å². The first kappa shape index (κ1) is 28.5. The molecule has 0 saturated carbocycles. The van der Waals surface area contributed by atoms with Crippen LogP contribution in [0.2, 0.25) is 0 Å². The number of nitrogens with zero attached hydrogens (tertiary/aromatic N) is 2. The van der Waals surface area contributed by atoms with E-state index in [4.69, 9.17) is 17.0 Å². The minimum absolute atomic E-state index is 0.0131. The number of halogens is 6. The molecule has 2 saturated heterocycles. The number of rotatable bonds is 5. The van der Waals surface area contributed by atoms with E-state index >= 15 is 0 Å². The van der Waals surface area contributed by atoms with Crippen LogP contribution in [0.1, 0.15) is 36.8 Å². The van der Waals surface area contributed by atoms with E-state index in [1.807, 2.05) is 0 Å². The Balaban J connectivity index is 1.63. The summed E-state index contributed by atoms with van der Waals surface area (Å²) < 4.78 is 83.1. The Kier molecular flexibility index (Phi) is 8.55. The van der Waals surface area contributed by atoms with E-state index in [0.717, 1.165) is 0 Å². The number of anilines is 1. The quantitative estimate of drug-likeness (QED) is 0.328. The fourth-order valence-corrected chi connectivity index (χ4v) is 4.57. The number of ether oxygens (including phenoxy) is 1. The molecule has 15 heteroatoms. The summed E-state index contributed by atoms with van der Waals surface area (Å²) in [4.78, 5) is 40.6. The van der Waals surface area contributed by atoms with Gasteiger partial charge in [0.2, 0.25) is 11.8 Å². The van der Waals surface area contributed by atoms with Crippen LogP contribution in [0, 0.1) is 0 Å². The fourth-order valence-electron chi connectivity index (χ4n) is 4.38. The average Bonchev–Trinajstić information content (AvgIpc) is 3.50. The van der Waals surface area contributed by atoms with Gasteiger partial charge < -0.3 is 25.2 Å². The van der Waals surface area contributed by atoms with Gasteiger partial charge in [-0.1, -0.05) is 0 Å². The van der Waals surface area contributed by atoms with Crippen LogP contribution in [-0.4, -0.2) is 71.5 Å². The highest BCUT2D eigenvalue weighted by atomic mass is 32.1. The molecule has 3 rings (SSSR count). The van der Waals surface area contributed by atoms with Crippen molar-refractivity contribution in [2.24, 2.45) is 0 Å². The molecule has 0 radical (unpaired) electrons. The van der Waals surface area contributed by atoms with Crippen molar-refractivity contribution < 1.29 is 45.5 Å². The molecule has 2 atom stereocenters. The molecule has 0 spiro atoms. The van der Waals surface area contributed by atoms with E-state index in [9.17, 15) is 40.7 Å². The second kappa shape index (κ2) is 11.1. The number of benzene rings is 1. The van der Waals surface area contributed by atoms with Crippen molar-refractivity contribution >= 4 is 40.8 Å². The number of nitrogens with one attached hydrogen (secondary N) is 2. The van der Waals surface area contributed by atoms with E-state index in [2.05, 4.69) is 10.6 Å². The Morgan fingerprint density at radius 1 is 0.946 bits per heavy atom. The number of carbonyl (C=O) groups is 3. The highest BCUT2D eigenvalue weighted by Gasteiger charge is 2.42. The molecule has 2 N–H and O–H groups in total. The summed E-state index contributed by atoms with van der Waals surface area (Å²) in [5.41, 5.74) is -3.60. The highest BCUT2D eigenvalue weighted by molar-refractivity contribution is 7.80. The van der Waals surface area contributed by atoms with Crippen LogP contribution in [0.25, 0.3) is 0 Å². The standard InChI is InChI=1S/C22H24F6N4O4S/c1-36-19(35)16-5-3-7-32(16)18(34)15-4-2-6-31(15)17(33)11-29-20(37)30-14-9-12(21(23,24)25)8-13(10-14)22(26,27)28/h8-10,15-16H,2-7,11H2,1H3,(H2,29,30,37)/t15-,16+/m0/s1. The zero-order valence-electron chi connectivity index (χ0n) is 19.5. The first-order valence-electron chi connectivity index (χ1n) is 11.2. The van der Waals surface area contributed by atoms with Gasteiger partial charge >= 0.3 is 18.3 Å². The Morgan fingerprint density at radius 2 is 1.49 bits per heavy atom. The molecule has 1 aromatic carbocycles. The maximum Gasteiger partial charge on any atom is 0.416 e. The molecule has 204 valence electrons. The molecule has 0 unspecified atom stereocenters. The molecule has 2 fully saturated rings. The lowest BCUT2D eigenvalue weighted by atomic mass is 10.1. The van der Waals surface area contributed by atoms with Crippen LogP contribution in [0.4, 0.5) is 32.0 Å². The molecule has 0 aliphatic carbocycles. The van der Waals surface area contributed by atoms with Crippen molar-refractivity contribution in [1.82, 2.24) is 15.1 Å². The predicted molar refractivity (Wildman–Crippen MR) is 122 cm³/mol. The summed E-state index contributed by atoms with van der Waals surface area (Å²) in [6.45, 7) is 0.151. The van der Waals surface area contributed by atoms with Gasteiger partial charge in [0.05, 0.1) is 24.8 Å². The Bertz CT molecular complexity index is 1030. The molecule has 2 amide bonds. The molecule has 2 aliphatic heterocycles. The molecule has 0 aromatic heterocycles. The molecule has 37 heavy (non-hydrogen) atoms. The Hall–Kier alpha value is -3.10. The Morgan fingerprint density at radius 3 is 2.03 bits per heavy atom. The summed E-state index contributed by atoms with van der Waals surface area (Å²) in [7, 11) is 1.22. The number of alkyl halides is 6. The van der Waals surface area contributed by atoms with Crippen LogP contribution in [0.5, 0.6) is 0 Å². The number of amides is 2. The van der Waals surface area contributed by atoms with Crippen molar-refractivity contribution in [2.45, 2.75) is 50.1 Å². The molecule has 2 heterocycles. The number of carbonyl (C=O) groups excluding carboxylic acids is 3. The largest absolute Gasteiger partial charge is 0.467 e. The van der Waals surface area contributed by atoms with Gasteiger partial charge in [-0.2, -0.15) is 26.3 Å². The smallest absolute Gasteiger partial charge is 0.416 e. The van der Waals surface area contributed by atoms with Gasteiger partial charge in [0.15, 0.2) is 5.11 Å². The lowest BCUT2D eigenvalue weighted by molar-refractivity contribution is -0.153. The summed E-state index contributed by atoms with van der Waals surface area (Å²) in [5, 5.41) is 4.31. The van der Waals surface area contributed by atoms with Crippen molar-refractivity contribution in [1.29, 1.82) is 0 Å². The van der Waals surface area contributed by atoms with Crippen LogP contribution >= 0.6 is 12.2 Å². The van der Waals surface area contributed by atoms with Crippen molar-refractivity contribution in [3.05, 3.63) is 29.3 Å². The number of hydrogen-bond donors (Lipinski definition) is 2. The third kappa shape index (κ3) is 6.81. The number of methoxy groups -OCH3 is 1. The van der Waals surface area contributed by atoms with E-state index in [1.54, 1.807) is 0 Å². The lowest BCUT2D eigenvalue weighted by Crippen LogP contribution is -2.52. The lowest BCUT2D eigenvalue weighted by Gasteiger charge is -2.30. The van der Waals surface area contributed by atoms with Gasteiger partial charge in [0, 0.05) is 18.8 Å². The van der Waals surface area contributed by atoms with Crippen LogP contribution in [0.3, 0.4) is 0 Å². The van der Waals surface area contributed by atoms with Gasteiger partial charge in [0.25, 0.3) is 0 Å². The van der Waals surface area contributed by atoms with Gasteiger partial charge in [-0.05, 0) is 56.1 Å². The van der Waals surface area contributed by atoms with Crippen molar-refractivity contribution in [3.8, 4) is 0 Å². The predicted octanol–water partition coefficient (Wildman–Crippen LogP) is 3.17. The number of likely N-dealkylation sites (tertiary alicyclic amines) is 2. The maximum atomic E-state index is 13.1. The third-order valence-corrected chi connectivity index (χ3v) is 6.36. The number of esters is 1. The zero-order chi connectivity index (χ0) is 27.5. The third-order valence-electron chi connectivity index (χ3n) is 6.11. The van der Waals surface area contributed by atoms with Gasteiger partial charge in [0.1, 0.15) is 12.1 Å². The van der Waals surface area contributed by atoms with E-state index in [0.29, 0.717) is 44.4 Å². The van der Waals surface area contributed by atoms with E-state index < -0.39 is 59.7 Å². The first-order valence-corrected chi connectivity index (χ1v) is 11.7. The van der Waals surface area contributed by atoms with Crippen LogP contribution in [-0.2, 0) is 31.5 Å². The van der Waals surface area contributed by atoms with Crippen molar-refractivity contribution in [3.63, 3.8) is 0 Å². The summed E-state index contributed by atoms with van der Waals surface area (Å²) in [5.74, 6) is -1.47. The summed E-state index contributed by atoms with van der Waals surface area (Å²) in [6.07, 6.45) is -8.08. The average molecular weight is 555 g/mol. The second-order valence-electron chi connectivity index (χ2n) is 8.56. The summed E-state index contributed by atoms with van der Waals surface area (Å²) in [6, 6.07) is -0.610. The van der Waals surface area contributed by atoms with E-state index in [-0.39, 0.29) is 23.6 Å². The van der Waals surface area contributed by atoms with Gasteiger partial charge in [-0.15, -0.1) is 0 Å². The van der Waals surface area contributed by atoms with Gasteiger partial charge in [-0.3, -0.25) is 9.59 Å². The molecule has 2 aliphatic rings. The Labute approximate surface area is 213 Å². The molecule has 0 bridgehead atoms. The number of hydrogen-bond acceptors (Lipinski definition) is 5. The maximum absolute atomic E-state index is 13.1. The molecule has 8 nitrogen and oxygen atoms in total. The van der Waals surface area contributed by atoms with Crippen LogP contribution in [0.15, 0.2) is 18.2 Å². The molecule has 1 aromatic rings. The SMILES string of the molecule is COC(=O)[C@H]1CCCN1C(=O)[C@@H]1CCCN1C(=O)CNC(=S)Nc1cc(C(F)(F)F)cc(C(F)(F)F)c1. The zero-order valence-corrected chi connectivity index (χ0v) is 20.4. The van der Waals surface area contributed by atoms with Crippen molar-refractivity contribution in [2.75, 3.05) is 32.1 Å². The monoisotopic (exact) mass is 554 g/mol. The second-order valence-corrected chi connectivity index (χ2v) is 8.97. The molecular formula is C22H24F6N4O4S. The molecular weight excluding hydrogens is 530 g/mol. The number of thiocarbonyl (C=S) groups is 1. The normalized spacial score (nSPS) is 20.1.